The van der Waals surface area contributed by atoms with Crippen LogP contribution in [-0.2, 0) is 11.4 Å². The molecular formula is C12H9BrO4S. The third-order valence-corrected chi connectivity index (χ3v) is 2.90. The summed E-state index contributed by atoms with van der Waals surface area (Å²) in [6.45, 7) is 0. The van der Waals surface area contributed by atoms with Crippen molar-refractivity contribution in [1.82, 2.24) is 0 Å². The lowest BCUT2D eigenvalue weighted by molar-refractivity contribution is 0.455. The molecule has 0 saturated carbocycles. The van der Waals surface area contributed by atoms with Crippen LogP contribution in [0, 0.1) is 0 Å². The monoisotopic (exact) mass is 328 g/mol. The molecule has 18 heavy (non-hydrogen) atoms. The molecular weight excluding hydrogens is 320 g/mol. The Morgan fingerprint density at radius 1 is 0.889 bits per heavy atom. The van der Waals surface area contributed by atoms with E-state index in [1.807, 2.05) is 24.3 Å². The maximum absolute atomic E-state index is 10.4. The van der Waals surface area contributed by atoms with E-state index >= 15 is 0 Å². The van der Waals surface area contributed by atoms with Gasteiger partial charge in [-0.1, -0.05) is 15.9 Å². The molecule has 0 aliphatic carbocycles. The van der Waals surface area contributed by atoms with Crippen molar-refractivity contribution in [2.24, 2.45) is 0 Å². The molecule has 1 unspecified atom stereocenters. The van der Waals surface area contributed by atoms with E-state index in [1.165, 1.54) is 0 Å². The van der Waals surface area contributed by atoms with Crippen LogP contribution in [0.5, 0.6) is 17.2 Å². The molecule has 6 heteroatoms. The molecule has 0 aromatic heterocycles. The number of hydrogen-bond acceptors (Lipinski definition) is 3. The summed E-state index contributed by atoms with van der Waals surface area (Å²) in [6, 6.07) is 13.8. The molecule has 1 atom stereocenters. The summed E-state index contributed by atoms with van der Waals surface area (Å²) < 4.78 is 30.1. The molecule has 94 valence electrons. The Morgan fingerprint density at radius 3 is 1.83 bits per heavy atom. The second-order valence-corrected chi connectivity index (χ2v) is 4.84. The van der Waals surface area contributed by atoms with E-state index in [0.717, 1.165) is 4.47 Å². The Bertz CT molecular complexity index is 539. The SMILES string of the molecule is O=S(O)Oc1ccc(Oc2ccc(Br)cc2)cc1. The van der Waals surface area contributed by atoms with Crippen molar-refractivity contribution >= 4 is 27.3 Å². The van der Waals surface area contributed by atoms with Gasteiger partial charge in [-0.25, -0.2) is 0 Å². The second-order valence-electron chi connectivity index (χ2n) is 3.33. The van der Waals surface area contributed by atoms with Crippen LogP contribution in [0.1, 0.15) is 0 Å². The van der Waals surface area contributed by atoms with Gasteiger partial charge in [0, 0.05) is 4.47 Å². The van der Waals surface area contributed by atoms with Crippen molar-refractivity contribution in [3.05, 3.63) is 53.0 Å². The van der Waals surface area contributed by atoms with Gasteiger partial charge >= 0.3 is 11.4 Å². The fourth-order valence-electron chi connectivity index (χ4n) is 1.28. The highest BCUT2D eigenvalue weighted by atomic mass is 79.9. The summed E-state index contributed by atoms with van der Waals surface area (Å²) in [4.78, 5) is 0. The highest BCUT2D eigenvalue weighted by molar-refractivity contribution is 9.10. The molecule has 2 aromatic rings. The zero-order valence-corrected chi connectivity index (χ0v) is 11.5. The number of halogens is 1. The lowest BCUT2D eigenvalue weighted by Gasteiger charge is -2.06. The predicted molar refractivity (Wildman–Crippen MR) is 72.1 cm³/mol. The number of benzene rings is 2. The normalized spacial score (nSPS) is 11.9. The molecule has 0 fully saturated rings. The summed E-state index contributed by atoms with van der Waals surface area (Å²) in [7, 11) is 0. The summed E-state index contributed by atoms with van der Waals surface area (Å²) >= 11 is 1.03. The first-order valence-corrected chi connectivity index (χ1v) is 6.78. The van der Waals surface area contributed by atoms with E-state index < -0.39 is 11.4 Å². The Hall–Kier alpha value is -1.37. The number of ether oxygens (including phenoxy) is 1. The topological polar surface area (TPSA) is 55.8 Å². The van der Waals surface area contributed by atoms with Crippen LogP contribution in [0.2, 0.25) is 0 Å². The molecule has 0 aliphatic rings. The Labute approximate surface area is 115 Å². The van der Waals surface area contributed by atoms with Gasteiger partial charge in [-0.3, -0.25) is 4.55 Å². The average molecular weight is 329 g/mol. The minimum Gasteiger partial charge on any atom is -0.457 e. The Kier molecular flexibility index (Phi) is 4.35. The summed E-state index contributed by atoms with van der Waals surface area (Å²) in [5, 5.41) is 0. The molecule has 2 aromatic carbocycles. The van der Waals surface area contributed by atoms with Gasteiger partial charge in [-0.15, -0.1) is 0 Å². The van der Waals surface area contributed by atoms with Crippen LogP contribution in [-0.4, -0.2) is 8.76 Å². The van der Waals surface area contributed by atoms with Crippen molar-refractivity contribution in [1.29, 1.82) is 0 Å². The molecule has 0 bridgehead atoms. The smallest absolute Gasteiger partial charge is 0.357 e. The van der Waals surface area contributed by atoms with Crippen LogP contribution in [0.4, 0.5) is 0 Å². The van der Waals surface area contributed by atoms with Crippen LogP contribution < -0.4 is 8.92 Å². The first kappa shape index (κ1) is 13.1. The van der Waals surface area contributed by atoms with Gasteiger partial charge in [0.15, 0.2) is 0 Å². The van der Waals surface area contributed by atoms with Crippen LogP contribution in [0.3, 0.4) is 0 Å². The number of hydrogen-bond donors (Lipinski definition) is 1. The van der Waals surface area contributed by atoms with E-state index in [9.17, 15) is 4.21 Å². The van der Waals surface area contributed by atoms with E-state index in [-0.39, 0.29) is 0 Å². The maximum atomic E-state index is 10.4. The van der Waals surface area contributed by atoms with E-state index in [2.05, 4.69) is 20.1 Å². The second kappa shape index (κ2) is 5.99. The van der Waals surface area contributed by atoms with Gasteiger partial charge < -0.3 is 8.92 Å². The van der Waals surface area contributed by atoms with Gasteiger partial charge in [-0.05, 0) is 48.5 Å². The fourth-order valence-corrected chi connectivity index (χ4v) is 1.82. The van der Waals surface area contributed by atoms with Crippen molar-refractivity contribution < 1.29 is 17.7 Å². The molecule has 0 saturated heterocycles. The van der Waals surface area contributed by atoms with Crippen molar-refractivity contribution in [3.63, 3.8) is 0 Å². The molecule has 4 nitrogen and oxygen atoms in total. The van der Waals surface area contributed by atoms with Crippen molar-refractivity contribution in [2.45, 2.75) is 0 Å². The van der Waals surface area contributed by atoms with Gasteiger partial charge in [-0.2, -0.15) is 4.21 Å². The van der Waals surface area contributed by atoms with Crippen LogP contribution in [0.15, 0.2) is 53.0 Å². The summed E-state index contributed by atoms with van der Waals surface area (Å²) in [5.74, 6) is 1.63. The summed E-state index contributed by atoms with van der Waals surface area (Å²) in [6.07, 6.45) is 0. The zero-order chi connectivity index (χ0) is 13.0. The van der Waals surface area contributed by atoms with E-state index in [1.54, 1.807) is 24.3 Å². The molecule has 0 amide bonds. The molecule has 0 spiro atoms. The molecule has 0 heterocycles. The molecule has 1 N–H and O–H groups in total. The molecule has 0 aliphatic heterocycles. The largest absolute Gasteiger partial charge is 0.457 e. The first-order chi connectivity index (χ1) is 8.63. The zero-order valence-electron chi connectivity index (χ0n) is 9.08. The fraction of sp³-hybridized carbons (Fsp3) is 0. The highest BCUT2D eigenvalue weighted by Crippen LogP contribution is 2.25. The Balaban J connectivity index is 2.06. The lowest BCUT2D eigenvalue weighted by atomic mass is 10.3. The molecule has 2 rings (SSSR count). The first-order valence-electron chi connectivity index (χ1n) is 4.96. The van der Waals surface area contributed by atoms with Crippen molar-refractivity contribution in [3.8, 4) is 17.2 Å². The quantitative estimate of drug-likeness (QED) is 0.868. The average Bonchev–Trinajstić information content (AvgIpc) is 2.34. The van der Waals surface area contributed by atoms with E-state index in [4.69, 9.17) is 9.29 Å². The van der Waals surface area contributed by atoms with Gasteiger partial charge in [0.25, 0.3) is 0 Å². The third-order valence-electron chi connectivity index (χ3n) is 2.04. The minimum absolute atomic E-state index is 0.305. The van der Waals surface area contributed by atoms with Crippen LogP contribution in [0.25, 0.3) is 0 Å². The minimum atomic E-state index is -2.31. The maximum Gasteiger partial charge on any atom is 0.357 e. The standard InChI is InChI=1S/C12H9BrO4S/c13-9-1-3-10(4-2-9)16-11-5-7-12(8-6-11)17-18(14)15/h1-8H,(H,14,15). The lowest BCUT2D eigenvalue weighted by Crippen LogP contribution is -1.96. The third kappa shape index (κ3) is 3.83. The summed E-state index contributed by atoms with van der Waals surface area (Å²) in [5.41, 5.74) is 0. The Morgan fingerprint density at radius 2 is 1.33 bits per heavy atom. The highest BCUT2D eigenvalue weighted by Gasteiger charge is 2.00. The number of rotatable bonds is 4. The van der Waals surface area contributed by atoms with Gasteiger partial charge in [0.05, 0.1) is 0 Å². The van der Waals surface area contributed by atoms with Crippen LogP contribution >= 0.6 is 15.9 Å². The van der Waals surface area contributed by atoms with Gasteiger partial charge in [0.1, 0.15) is 17.2 Å². The predicted octanol–water partition coefficient (Wildman–Crippen LogP) is 3.76. The van der Waals surface area contributed by atoms with Crippen molar-refractivity contribution in [2.75, 3.05) is 0 Å². The van der Waals surface area contributed by atoms with Gasteiger partial charge in [0.2, 0.25) is 0 Å². The molecule has 0 radical (unpaired) electrons. The van der Waals surface area contributed by atoms with E-state index in [0.29, 0.717) is 17.2 Å².